The maximum absolute atomic E-state index is 5.27. The van der Waals surface area contributed by atoms with Gasteiger partial charge < -0.3 is 5.73 Å². The van der Waals surface area contributed by atoms with Gasteiger partial charge in [0.1, 0.15) is 0 Å². The van der Waals surface area contributed by atoms with Crippen molar-refractivity contribution in [3.63, 3.8) is 0 Å². The Morgan fingerprint density at radius 3 is 2.14 bits per heavy atom. The summed E-state index contributed by atoms with van der Waals surface area (Å²) in [5.74, 6) is 0.662. The zero-order valence-electron chi connectivity index (χ0n) is 14.6. The number of unbranched alkanes of at least 4 members (excludes halogenated alkanes) is 3. The lowest BCUT2D eigenvalue weighted by molar-refractivity contribution is 0.674. The molecule has 0 fully saturated rings. The van der Waals surface area contributed by atoms with Gasteiger partial charge in [0.05, 0.1) is 0 Å². The van der Waals surface area contributed by atoms with Crippen LogP contribution < -0.4 is 5.73 Å². The van der Waals surface area contributed by atoms with Crippen molar-refractivity contribution < 1.29 is 0 Å². The van der Waals surface area contributed by atoms with Crippen LogP contribution in [0.25, 0.3) is 6.08 Å². The zero-order chi connectivity index (χ0) is 15.9. The minimum absolute atomic E-state index is 0.662. The smallest absolute Gasteiger partial charge is 0.00773 e. The quantitative estimate of drug-likeness (QED) is 0.579. The number of benzene rings is 1. The summed E-state index contributed by atoms with van der Waals surface area (Å²) in [4.78, 5) is 0. The van der Waals surface area contributed by atoms with E-state index in [1.165, 1.54) is 44.1 Å². The van der Waals surface area contributed by atoms with E-state index in [4.69, 9.17) is 5.73 Å². The van der Waals surface area contributed by atoms with Gasteiger partial charge in [0.2, 0.25) is 0 Å². The highest BCUT2D eigenvalue weighted by Crippen LogP contribution is 2.19. The van der Waals surface area contributed by atoms with Gasteiger partial charge in [-0.05, 0) is 30.9 Å². The van der Waals surface area contributed by atoms with Crippen molar-refractivity contribution in [2.24, 2.45) is 11.7 Å². The molecule has 0 saturated heterocycles. The highest BCUT2D eigenvalue weighted by atomic mass is 14.5. The molecule has 1 aromatic carbocycles. The van der Waals surface area contributed by atoms with Gasteiger partial charge in [0, 0.05) is 0 Å². The lowest BCUT2D eigenvalue weighted by atomic mass is 9.96. The van der Waals surface area contributed by atoms with Crippen molar-refractivity contribution in [3.8, 4) is 0 Å². The first-order chi connectivity index (χ1) is 10.2. The van der Waals surface area contributed by atoms with Crippen LogP contribution in [0, 0.1) is 5.92 Å². The monoisotopic (exact) mass is 289 g/mol. The molecule has 1 aromatic rings. The van der Waals surface area contributed by atoms with Crippen LogP contribution in [0.4, 0.5) is 0 Å². The lowest BCUT2D eigenvalue weighted by Crippen LogP contribution is -1.97. The van der Waals surface area contributed by atoms with Crippen LogP contribution in [0.1, 0.15) is 71.8 Å². The van der Waals surface area contributed by atoms with E-state index in [2.05, 4.69) is 64.1 Å². The maximum atomic E-state index is 5.27. The predicted molar refractivity (Wildman–Crippen MR) is 97.4 cm³/mol. The molecule has 21 heavy (non-hydrogen) atoms. The third-order valence-electron chi connectivity index (χ3n) is 3.49. The van der Waals surface area contributed by atoms with E-state index in [-0.39, 0.29) is 0 Å². The Morgan fingerprint density at radius 2 is 1.67 bits per heavy atom. The molecule has 0 aliphatic carbocycles. The molecule has 1 rings (SSSR count). The second-order valence-electron chi connectivity index (χ2n) is 5.88. The lowest BCUT2D eigenvalue weighted by Gasteiger charge is -2.10. The van der Waals surface area contributed by atoms with Crippen LogP contribution in [-0.4, -0.2) is 6.54 Å². The average Bonchev–Trinajstić information content (AvgIpc) is 2.49. The predicted octanol–water partition coefficient (Wildman–Crippen LogP) is 6.05. The summed E-state index contributed by atoms with van der Waals surface area (Å²) in [6, 6.07) is 10.6. The second kappa shape index (κ2) is 13.9. The van der Waals surface area contributed by atoms with Crippen molar-refractivity contribution in [3.05, 3.63) is 41.5 Å². The summed E-state index contributed by atoms with van der Waals surface area (Å²) in [5, 5.41) is 0. The number of hydrogen-bond acceptors (Lipinski definition) is 1. The molecule has 0 amide bonds. The molecule has 2 N–H and O–H groups in total. The fourth-order valence-corrected chi connectivity index (χ4v) is 2.15. The largest absolute Gasteiger partial charge is 0.330 e. The van der Waals surface area contributed by atoms with Gasteiger partial charge >= 0.3 is 0 Å². The highest BCUT2D eigenvalue weighted by Gasteiger charge is 2.01. The first kappa shape index (κ1) is 19.9. The van der Waals surface area contributed by atoms with Crippen molar-refractivity contribution >= 4 is 6.08 Å². The van der Waals surface area contributed by atoms with Gasteiger partial charge in [-0.2, -0.15) is 0 Å². The first-order valence-corrected chi connectivity index (χ1v) is 8.61. The van der Waals surface area contributed by atoms with E-state index in [0.717, 1.165) is 6.54 Å². The summed E-state index contributed by atoms with van der Waals surface area (Å²) in [5.41, 5.74) is 8.15. The fraction of sp³-hybridized carbons (Fsp3) is 0.600. The standard InChI is InChI=1S/C14H20.C6H15N/c1-4-8-14(12(2)3)11-13-9-6-5-7-10-13;1-2-3-4-5-6-7/h5-7,9-12H,4,8H2,1-3H3;2-7H2,1H3/b14-11-;. The molecule has 1 nitrogen and oxygen atoms in total. The Balaban J connectivity index is 0.000000486. The number of rotatable bonds is 8. The molecule has 0 radical (unpaired) electrons. The minimum Gasteiger partial charge on any atom is -0.330 e. The Kier molecular flexibility index (Phi) is 13.2. The van der Waals surface area contributed by atoms with Crippen molar-refractivity contribution in [2.75, 3.05) is 6.54 Å². The van der Waals surface area contributed by atoms with Crippen molar-refractivity contribution in [1.82, 2.24) is 0 Å². The molecule has 0 aromatic heterocycles. The third kappa shape index (κ3) is 11.3. The van der Waals surface area contributed by atoms with Gasteiger partial charge in [0.15, 0.2) is 0 Å². The highest BCUT2D eigenvalue weighted by molar-refractivity contribution is 5.52. The maximum Gasteiger partial charge on any atom is -0.00773 e. The zero-order valence-corrected chi connectivity index (χ0v) is 14.6. The molecule has 0 unspecified atom stereocenters. The average molecular weight is 290 g/mol. The third-order valence-corrected chi connectivity index (χ3v) is 3.49. The summed E-state index contributed by atoms with van der Waals surface area (Å²) >= 11 is 0. The van der Waals surface area contributed by atoms with Crippen molar-refractivity contribution in [2.45, 2.75) is 66.2 Å². The van der Waals surface area contributed by atoms with Crippen molar-refractivity contribution in [1.29, 1.82) is 0 Å². The molecule has 0 saturated carbocycles. The van der Waals surface area contributed by atoms with Gasteiger partial charge in [-0.3, -0.25) is 0 Å². The number of nitrogens with two attached hydrogens (primary N) is 1. The van der Waals surface area contributed by atoms with E-state index in [0.29, 0.717) is 5.92 Å². The van der Waals surface area contributed by atoms with Gasteiger partial charge in [-0.15, -0.1) is 0 Å². The van der Waals surface area contributed by atoms with Crippen LogP contribution in [0.15, 0.2) is 35.9 Å². The van der Waals surface area contributed by atoms with E-state index in [1.807, 2.05) is 0 Å². The summed E-state index contributed by atoms with van der Waals surface area (Å²) in [6.07, 6.45) is 9.94. The minimum atomic E-state index is 0.662. The van der Waals surface area contributed by atoms with Gasteiger partial charge in [0.25, 0.3) is 0 Å². The van der Waals surface area contributed by atoms with Crippen LogP contribution in [0.3, 0.4) is 0 Å². The molecule has 0 bridgehead atoms. The molecule has 0 atom stereocenters. The fourth-order valence-electron chi connectivity index (χ4n) is 2.15. The summed E-state index contributed by atoms with van der Waals surface area (Å²) < 4.78 is 0. The van der Waals surface area contributed by atoms with Gasteiger partial charge in [-0.25, -0.2) is 0 Å². The normalized spacial score (nSPS) is 11.2. The molecule has 1 heteroatoms. The van der Waals surface area contributed by atoms with E-state index in [9.17, 15) is 0 Å². The molecule has 0 spiro atoms. The molecule has 120 valence electrons. The van der Waals surface area contributed by atoms with Gasteiger partial charge in [-0.1, -0.05) is 95.4 Å². The Bertz CT molecular complexity index is 347. The molecular weight excluding hydrogens is 254 g/mol. The van der Waals surface area contributed by atoms with E-state index in [1.54, 1.807) is 5.57 Å². The topological polar surface area (TPSA) is 26.0 Å². The molecule has 0 aliphatic heterocycles. The SMILES string of the molecule is CCC/C(=C/c1ccccc1)C(C)C.CCCCCCN. The summed E-state index contributed by atoms with van der Waals surface area (Å²) in [6.45, 7) is 9.84. The molecule has 0 aliphatic rings. The summed E-state index contributed by atoms with van der Waals surface area (Å²) in [7, 11) is 0. The van der Waals surface area contributed by atoms with Crippen LogP contribution in [-0.2, 0) is 0 Å². The Hall–Kier alpha value is -1.08. The second-order valence-corrected chi connectivity index (χ2v) is 5.88. The number of allylic oxidation sites excluding steroid dienone is 1. The molecule has 0 heterocycles. The van der Waals surface area contributed by atoms with E-state index >= 15 is 0 Å². The van der Waals surface area contributed by atoms with Crippen LogP contribution >= 0.6 is 0 Å². The van der Waals surface area contributed by atoms with Crippen LogP contribution in [0.2, 0.25) is 0 Å². The molecular formula is C20H35N. The van der Waals surface area contributed by atoms with Crippen LogP contribution in [0.5, 0.6) is 0 Å². The number of hydrogen-bond donors (Lipinski definition) is 1. The van der Waals surface area contributed by atoms with E-state index < -0.39 is 0 Å². The Morgan fingerprint density at radius 1 is 1.00 bits per heavy atom. The first-order valence-electron chi connectivity index (χ1n) is 8.61. The Labute approximate surface area is 132 Å².